The van der Waals surface area contributed by atoms with Crippen molar-refractivity contribution in [2.75, 3.05) is 7.11 Å². The summed E-state index contributed by atoms with van der Waals surface area (Å²) in [5, 5.41) is 30.4. The number of aliphatic carboxylic acids is 2. The molecule has 0 aromatic heterocycles. The highest BCUT2D eigenvalue weighted by atomic mass is 16.6. The predicted octanol–water partition coefficient (Wildman–Crippen LogP) is 4.31. The van der Waals surface area contributed by atoms with Crippen molar-refractivity contribution in [2.45, 2.75) is 13.2 Å². The van der Waals surface area contributed by atoms with Crippen molar-refractivity contribution in [3.63, 3.8) is 0 Å². The quantitative estimate of drug-likeness (QED) is 0.135. The molecule has 180 valence electrons. The van der Waals surface area contributed by atoms with E-state index in [1.807, 2.05) is 24.3 Å². The molecule has 35 heavy (non-hydrogen) atoms. The van der Waals surface area contributed by atoms with Gasteiger partial charge in [-0.05, 0) is 23.3 Å². The third-order valence-electron chi connectivity index (χ3n) is 4.82. The van der Waals surface area contributed by atoms with E-state index < -0.39 is 28.1 Å². The highest BCUT2D eigenvalue weighted by molar-refractivity contribution is 6.16. The van der Waals surface area contributed by atoms with Gasteiger partial charge in [-0.15, -0.1) is 0 Å². The number of nitro groups is 1. The summed E-state index contributed by atoms with van der Waals surface area (Å²) >= 11 is 0. The van der Waals surface area contributed by atoms with E-state index in [-0.39, 0.29) is 36.0 Å². The molecule has 10 nitrogen and oxygen atoms in total. The van der Waals surface area contributed by atoms with E-state index in [0.29, 0.717) is 6.08 Å². The van der Waals surface area contributed by atoms with E-state index >= 15 is 0 Å². The van der Waals surface area contributed by atoms with Crippen LogP contribution in [0.2, 0.25) is 0 Å². The number of hydrogen-bond acceptors (Lipinski definition) is 7. The number of methoxy groups -OCH3 is 1. The number of nitro benzene ring substituents is 1. The lowest BCUT2D eigenvalue weighted by molar-refractivity contribution is -0.386. The van der Waals surface area contributed by atoms with Gasteiger partial charge in [-0.1, -0.05) is 60.7 Å². The van der Waals surface area contributed by atoms with E-state index in [2.05, 4.69) is 0 Å². The maximum atomic E-state index is 11.9. The molecule has 0 aliphatic rings. The van der Waals surface area contributed by atoms with Gasteiger partial charge in [0, 0.05) is 0 Å². The molecule has 0 radical (unpaired) electrons. The molecule has 0 aliphatic heterocycles. The van der Waals surface area contributed by atoms with Gasteiger partial charge in [0.05, 0.1) is 17.6 Å². The molecule has 0 heterocycles. The molecular weight excluding hydrogens is 458 g/mol. The number of rotatable bonds is 11. The van der Waals surface area contributed by atoms with Crippen LogP contribution in [-0.4, -0.2) is 34.2 Å². The molecular formula is C25H21NO9. The van der Waals surface area contributed by atoms with Crippen LogP contribution in [0.3, 0.4) is 0 Å². The fraction of sp³-hybridized carbons (Fsp3) is 0.120. The molecule has 0 atom stereocenters. The minimum atomic E-state index is -1.76. The molecule has 0 saturated heterocycles. The second-order valence-corrected chi connectivity index (χ2v) is 7.15. The first-order chi connectivity index (χ1) is 16.8. The smallest absolute Gasteiger partial charge is 0.343 e. The van der Waals surface area contributed by atoms with Crippen molar-refractivity contribution in [3.8, 4) is 17.2 Å². The first kappa shape index (κ1) is 24.8. The summed E-state index contributed by atoms with van der Waals surface area (Å²) in [5.41, 5.74) is -0.506. The summed E-state index contributed by atoms with van der Waals surface area (Å²) in [6.07, 6.45) is 0.682. The second kappa shape index (κ2) is 11.3. The SMILES string of the molecule is COc1c(OCc2ccccc2)c(OCc2ccccc2)cc(C=C(C(=O)O)C(=O)O)c1[N+](=O)[O-]. The standard InChI is InChI=1S/C25H21NO9/c1-33-23-21(26(31)32)18(12-19(24(27)28)25(29)30)13-20(34-14-16-8-4-2-5-9-16)22(23)35-15-17-10-6-3-7-11-17/h2-13H,14-15H2,1H3,(H,27,28)(H,29,30). The Bertz CT molecular complexity index is 1240. The van der Waals surface area contributed by atoms with Gasteiger partial charge in [0.1, 0.15) is 18.8 Å². The van der Waals surface area contributed by atoms with Gasteiger partial charge >= 0.3 is 17.6 Å². The third-order valence-corrected chi connectivity index (χ3v) is 4.82. The predicted molar refractivity (Wildman–Crippen MR) is 124 cm³/mol. The highest BCUT2D eigenvalue weighted by Gasteiger charge is 2.30. The number of ether oxygens (including phenoxy) is 3. The molecule has 0 unspecified atom stereocenters. The van der Waals surface area contributed by atoms with Crippen molar-refractivity contribution in [1.82, 2.24) is 0 Å². The van der Waals surface area contributed by atoms with Gasteiger partial charge < -0.3 is 24.4 Å². The van der Waals surface area contributed by atoms with Crippen LogP contribution in [-0.2, 0) is 22.8 Å². The van der Waals surface area contributed by atoms with Crippen LogP contribution in [0.1, 0.15) is 16.7 Å². The average molecular weight is 479 g/mol. The van der Waals surface area contributed by atoms with Gasteiger partial charge in [0.2, 0.25) is 11.5 Å². The zero-order valence-corrected chi connectivity index (χ0v) is 18.5. The molecule has 3 aromatic rings. The molecule has 3 rings (SSSR count). The average Bonchev–Trinajstić information content (AvgIpc) is 2.85. The first-order valence-electron chi connectivity index (χ1n) is 10.2. The summed E-state index contributed by atoms with van der Waals surface area (Å²) in [6.45, 7) is 0.0815. The Morgan fingerprint density at radius 2 is 1.40 bits per heavy atom. The Morgan fingerprint density at radius 1 is 0.886 bits per heavy atom. The van der Waals surface area contributed by atoms with Crippen LogP contribution < -0.4 is 14.2 Å². The molecule has 0 spiro atoms. The minimum Gasteiger partial charge on any atom is -0.487 e. The lowest BCUT2D eigenvalue weighted by Gasteiger charge is -2.17. The van der Waals surface area contributed by atoms with Crippen molar-refractivity contribution in [2.24, 2.45) is 0 Å². The molecule has 2 N–H and O–H groups in total. The van der Waals surface area contributed by atoms with Crippen molar-refractivity contribution in [3.05, 3.63) is 99.1 Å². The Balaban J connectivity index is 2.17. The van der Waals surface area contributed by atoms with Crippen molar-refractivity contribution >= 4 is 23.7 Å². The Hall–Kier alpha value is -4.86. The van der Waals surface area contributed by atoms with Crippen molar-refractivity contribution < 1.29 is 38.9 Å². The zero-order valence-electron chi connectivity index (χ0n) is 18.5. The Labute approximate surface area is 199 Å². The number of carboxylic acid groups (broad SMARTS) is 2. The topological polar surface area (TPSA) is 145 Å². The number of nitrogens with zero attached hydrogens (tertiary/aromatic N) is 1. The van der Waals surface area contributed by atoms with Crippen LogP contribution >= 0.6 is 0 Å². The maximum Gasteiger partial charge on any atom is 0.343 e. The molecule has 0 fully saturated rings. The van der Waals surface area contributed by atoms with Crippen LogP contribution in [0.5, 0.6) is 17.2 Å². The zero-order chi connectivity index (χ0) is 25.4. The van der Waals surface area contributed by atoms with Gasteiger partial charge in [0.25, 0.3) is 0 Å². The number of hydrogen-bond donors (Lipinski definition) is 2. The molecule has 3 aromatic carbocycles. The van der Waals surface area contributed by atoms with E-state index in [4.69, 9.17) is 14.2 Å². The maximum absolute atomic E-state index is 11.9. The van der Waals surface area contributed by atoms with Gasteiger partial charge in [-0.25, -0.2) is 9.59 Å². The summed E-state index contributed by atoms with van der Waals surface area (Å²) in [7, 11) is 1.18. The fourth-order valence-electron chi connectivity index (χ4n) is 3.19. The fourth-order valence-corrected chi connectivity index (χ4v) is 3.19. The summed E-state index contributed by atoms with van der Waals surface area (Å²) in [5.74, 6) is -3.93. The summed E-state index contributed by atoms with van der Waals surface area (Å²) < 4.78 is 17.0. The van der Waals surface area contributed by atoms with E-state index in [1.165, 1.54) is 7.11 Å². The first-order valence-corrected chi connectivity index (χ1v) is 10.2. The summed E-state index contributed by atoms with van der Waals surface area (Å²) in [6, 6.07) is 19.3. The van der Waals surface area contributed by atoms with Gasteiger partial charge in [-0.3, -0.25) is 10.1 Å². The van der Waals surface area contributed by atoms with Crippen LogP contribution in [0.15, 0.2) is 72.3 Å². The number of benzene rings is 3. The molecule has 0 amide bonds. The molecule has 0 bridgehead atoms. The largest absolute Gasteiger partial charge is 0.487 e. The second-order valence-electron chi connectivity index (χ2n) is 7.15. The molecule has 0 aliphatic carbocycles. The molecule has 0 saturated carbocycles. The van der Waals surface area contributed by atoms with E-state index in [9.17, 15) is 29.9 Å². The molecule has 10 heteroatoms. The highest BCUT2D eigenvalue weighted by Crippen LogP contribution is 2.47. The van der Waals surface area contributed by atoms with Crippen LogP contribution in [0.4, 0.5) is 5.69 Å². The number of carbonyl (C=O) groups is 2. The normalized spacial score (nSPS) is 10.2. The van der Waals surface area contributed by atoms with Gasteiger partial charge in [0.15, 0.2) is 5.75 Å². The lowest BCUT2D eigenvalue weighted by atomic mass is 10.1. The van der Waals surface area contributed by atoms with Gasteiger partial charge in [-0.2, -0.15) is 0 Å². The van der Waals surface area contributed by atoms with E-state index in [0.717, 1.165) is 17.2 Å². The summed E-state index contributed by atoms with van der Waals surface area (Å²) in [4.78, 5) is 33.9. The van der Waals surface area contributed by atoms with E-state index in [1.54, 1.807) is 36.4 Å². The van der Waals surface area contributed by atoms with Crippen LogP contribution in [0.25, 0.3) is 6.08 Å². The Morgan fingerprint density at radius 3 is 1.86 bits per heavy atom. The minimum absolute atomic E-state index is 0.00797. The Kier molecular flexibility index (Phi) is 8.02. The number of carboxylic acids is 2. The third kappa shape index (κ3) is 6.14. The van der Waals surface area contributed by atoms with Crippen LogP contribution in [0, 0.1) is 10.1 Å². The monoisotopic (exact) mass is 479 g/mol. The van der Waals surface area contributed by atoms with Crippen molar-refractivity contribution in [1.29, 1.82) is 0 Å². The lowest BCUT2D eigenvalue weighted by Crippen LogP contribution is -2.11.